The minimum Gasteiger partial charge on any atom is -0.444 e. The van der Waals surface area contributed by atoms with Gasteiger partial charge in [-0.25, -0.2) is 4.79 Å². The van der Waals surface area contributed by atoms with Crippen molar-refractivity contribution in [3.63, 3.8) is 0 Å². The molecule has 0 aliphatic carbocycles. The van der Waals surface area contributed by atoms with Crippen molar-refractivity contribution in [1.29, 1.82) is 0 Å². The van der Waals surface area contributed by atoms with Crippen LogP contribution in [0.25, 0.3) is 0 Å². The number of amides is 1. The van der Waals surface area contributed by atoms with Crippen LogP contribution in [0.5, 0.6) is 0 Å². The molecule has 0 spiro atoms. The lowest BCUT2D eigenvalue weighted by Crippen LogP contribution is -2.31. The lowest BCUT2D eigenvalue weighted by molar-refractivity contribution is 0.0635. The topological polar surface area (TPSA) is 50.4 Å². The minimum absolute atomic E-state index is 0.392. The van der Waals surface area contributed by atoms with E-state index in [0.29, 0.717) is 5.92 Å². The SMILES string of the molecule is CC(C)(C)OC(=O)Nc1ccccc1CC1CCCNC1. The van der Waals surface area contributed by atoms with E-state index in [1.165, 1.54) is 18.4 Å². The van der Waals surface area contributed by atoms with Crippen LogP contribution in [0, 0.1) is 5.92 Å². The number of benzene rings is 1. The Morgan fingerprint density at radius 3 is 2.81 bits per heavy atom. The highest BCUT2D eigenvalue weighted by Gasteiger charge is 2.19. The van der Waals surface area contributed by atoms with Crippen molar-refractivity contribution in [1.82, 2.24) is 5.32 Å². The number of para-hydroxylation sites is 1. The van der Waals surface area contributed by atoms with Gasteiger partial charge >= 0.3 is 6.09 Å². The Labute approximate surface area is 127 Å². The largest absolute Gasteiger partial charge is 0.444 e. The number of ether oxygens (including phenoxy) is 1. The Balaban J connectivity index is 2.00. The Morgan fingerprint density at radius 2 is 2.14 bits per heavy atom. The van der Waals surface area contributed by atoms with Gasteiger partial charge in [0, 0.05) is 5.69 Å². The van der Waals surface area contributed by atoms with E-state index < -0.39 is 11.7 Å². The molecular weight excluding hydrogens is 264 g/mol. The zero-order valence-corrected chi connectivity index (χ0v) is 13.2. The molecule has 1 saturated heterocycles. The van der Waals surface area contributed by atoms with Crippen LogP contribution >= 0.6 is 0 Å². The van der Waals surface area contributed by atoms with E-state index >= 15 is 0 Å². The van der Waals surface area contributed by atoms with Gasteiger partial charge in [0.2, 0.25) is 0 Å². The van der Waals surface area contributed by atoms with Gasteiger partial charge in [-0.3, -0.25) is 5.32 Å². The van der Waals surface area contributed by atoms with Crippen LogP contribution in [0.4, 0.5) is 10.5 Å². The molecule has 1 aromatic rings. The van der Waals surface area contributed by atoms with Crippen LogP contribution in [0.2, 0.25) is 0 Å². The summed E-state index contributed by atoms with van der Waals surface area (Å²) in [5, 5.41) is 6.31. The van der Waals surface area contributed by atoms with Gasteiger partial charge in [0.25, 0.3) is 0 Å². The summed E-state index contributed by atoms with van der Waals surface area (Å²) in [5.41, 5.74) is 1.56. The fourth-order valence-electron chi connectivity index (χ4n) is 2.64. The summed E-state index contributed by atoms with van der Waals surface area (Å²) in [6.45, 7) is 7.78. The van der Waals surface area contributed by atoms with E-state index in [9.17, 15) is 4.79 Å². The maximum absolute atomic E-state index is 11.9. The van der Waals surface area contributed by atoms with Crippen LogP contribution < -0.4 is 10.6 Å². The molecule has 1 unspecified atom stereocenters. The first-order valence-corrected chi connectivity index (χ1v) is 7.73. The number of hydrogen-bond donors (Lipinski definition) is 2. The van der Waals surface area contributed by atoms with Gasteiger partial charge in [-0.2, -0.15) is 0 Å². The average molecular weight is 290 g/mol. The van der Waals surface area contributed by atoms with Crippen LogP contribution in [0.15, 0.2) is 24.3 Å². The lowest BCUT2D eigenvalue weighted by Gasteiger charge is -2.24. The van der Waals surface area contributed by atoms with Crippen molar-refractivity contribution >= 4 is 11.8 Å². The van der Waals surface area contributed by atoms with Gasteiger partial charge in [-0.15, -0.1) is 0 Å². The quantitative estimate of drug-likeness (QED) is 0.894. The zero-order chi connectivity index (χ0) is 15.3. The molecule has 4 nitrogen and oxygen atoms in total. The summed E-state index contributed by atoms with van der Waals surface area (Å²) in [6.07, 6.45) is 3.07. The Bertz CT molecular complexity index is 474. The van der Waals surface area contributed by atoms with Gasteiger partial charge in [0.05, 0.1) is 0 Å². The first-order chi connectivity index (χ1) is 9.94. The Hall–Kier alpha value is -1.55. The second kappa shape index (κ2) is 6.94. The third-order valence-corrected chi connectivity index (χ3v) is 3.56. The summed E-state index contributed by atoms with van der Waals surface area (Å²) in [7, 11) is 0. The van der Waals surface area contributed by atoms with Gasteiger partial charge in [0.15, 0.2) is 0 Å². The predicted molar refractivity (Wildman–Crippen MR) is 85.6 cm³/mol. The molecule has 0 saturated carbocycles. The van der Waals surface area contributed by atoms with Crippen LogP contribution in [0.1, 0.15) is 39.2 Å². The van der Waals surface area contributed by atoms with Crippen LogP contribution in [0.3, 0.4) is 0 Å². The van der Waals surface area contributed by atoms with Crippen LogP contribution in [-0.4, -0.2) is 24.8 Å². The molecule has 116 valence electrons. The van der Waals surface area contributed by atoms with Gasteiger partial charge in [0.1, 0.15) is 5.60 Å². The van der Waals surface area contributed by atoms with Gasteiger partial charge in [-0.1, -0.05) is 18.2 Å². The normalized spacial score (nSPS) is 19.1. The number of rotatable bonds is 3. The van der Waals surface area contributed by atoms with Crippen molar-refractivity contribution < 1.29 is 9.53 Å². The molecule has 1 aromatic carbocycles. The number of nitrogens with one attached hydrogen (secondary N) is 2. The molecule has 1 aliphatic rings. The molecule has 0 bridgehead atoms. The van der Waals surface area contributed by atoms with E-state index in [2.05, 4.69) is 16.7 Å². The molecule has 0 aromatic heterocycles. The summed E-state index contributed by atoms with van der Waals surface area (Å²) in [5.74, 6) is 0.639. The third kappa shape index (κ3) is 5.38. The molecule has 1 atom stereocenters. The van der Waals surface area contributed by atoms with E-state index in [4.69, 9.17) is 4.74 Å². The minimum atomic E-state index is -0.480. The molecule has 1 amide bonds. The molecule has 4 heteroatoms. The van der Waals surface area contributed by atoms with Gasteiger partial charge in [-0.05, 0) is 70.7 Å². The molecule has 0 radical (unpaired) electrons. The number of carbonyl (C=O) groups is 1. The highest BCUT2D eigenvalue weighted by molar-refractivity contribution is 5.85. The summed E-state index contributed by atoms with van der Waals surface area (Å²) < 4.78 is 5.32. The molecule has 2 N–H and O–H groups in total. The first-order valence-electron chi connectivity index (χ1n) is 7.73. The number of hydrogen-bond acceptors (Lipinski definition) is 3. The molecular formula is C17H26N2O2. The van der Waals surface area contributed by atoms with E-state index in [0.717, 1.165) is 25.2 Å². The Morgan fingerprint density at radius 1 is 1.38 bits per heavy atom. The number of anilines is 1. The maximum atomic E-state index is 11.9. The zero-order valence-electron chi connectivity index (χ0n) is 13.2. The van der Waals surface area contributed by atoms with Gasteiger partial charge < -0.3 is 10.1 Å². The summed E-state index contributed by atoms with van der Waals surface area (Å²) in [4.78, 5) is 11.9. The van der Waals surface area contributed by atoms with Crippen molar-refractivity contribution in [3.8, 4) is 0 Å². The van der Waals surface area contributed by atoms with E-state index in [1.54, 1.807) is 0 Å². The molecule has 1 aliphatic heterocycles. The monoisotopic (exact) mass is 290 g/mol. The average Bonchev–Trinajstić information content (AvgIpc) is 2.40. The molecule has 2 rings (SSSR count). The highest BCUT2D eigenvalue weighted by Crippen LogP contribution is 2.23. The number of carbonyl (C=O) groups excluding carboxylic acids is 1. The predicted octanol–water partition coefficient (Wildman–Crippen LogP) is 3.58. The third-order valence-electron chi connectivity index (χ3n) is 3.56. The van der Waals surface area contributed by atoms with Crippen molar-refractivity contribution in [2.45, 2.75) is 45.6 Å². The van der Waals surface area contributed by atoms with Crippen molar-refractivity contribution in [3.05, 3.63) is 29.8 Å². The molecule has 1 heterocycles. The van der Waals surface area contributed by atoms with Crippen molar-refractivity contribution in [2.75, 3.05) is 18.4 Å². The van der Waals surface area contributed by atoms with Crippen LogP contribution in [-0.2, 0) is 11.2 Å². The summed E-state index contributed by atoms with van der Waals surface area (Å²) in [6, 6.07) is 7.98. The smallest absolute Gasteiger partial charge is 0.412 e. The standard InChI is InChI=1S/C17H26N2O2/c1-17(2,3)21-16(20)19-15-9-5-4-8-14(15)11-13-7-6-10-18-12-13/h4-5,8-9,13,18H,6-7,10-12H2,1-3H3,(H,19,20). The molecule has 21 heavy (non-hydrogen) atoms. The lowest BCUT2D eigenvalue weighted by atomic mass is 9.91. The Kier molecular flexibility index (Phi) is 5.23. The van der Waals surface area contributed by atoms with E-state index in [1.807, 2.05) is 39.0 Å². The fraction of sp³-hybridized carbons (Fsp3) is 0.588. The maximum Gasteiger partial charge on any atom is 0.412 e. The summed E-state index contributed by atoms with van der Waals surface area (Å²) >= 11 is 0. The second-order valence-corrected chi connectivity index (χ2v) is 6.70. The van der Waals surface area contributed by atoms with E-state index in [-0.39, 0.29) is 0 Å². The fourth-order valence-corrected chi connectivity index (χ4v) is 2.64. The highest BCUT2D eigenvalue weighted by atomic mass is 16.6. The first kappa shape index (κ1) is 15.8. The number of piperidine rings is 1. The van der Waals surface area contributed by atoms with Crippen molar-refractivity contribution in [2.24, 2.45) is 5.92 Å². The second-order valence-electron chi connectivity index (χ2n) is 6.70. The molecule has 1 fully saturated rings.